The first-order valence-electron chi connectivity index (χ1n) is 6.68. The van der Waals surface area contributed by atoms with E-state index in [0.717, 1.165) is 41.7 Å². The van der Waals surface area contributed by atoms with Crippen LogP contribution >= 0.6 is 0 Å². The zero-order chi connectivity index (χ0) is 14.4. The number of hydrogen-bond donors (Lipinski definition) is 1. The molecule has 3 heteroatoms. The SMILES string of the molecule is CN/C(=C\c1cc(OC)ccc1C=O)C1=CCCC=C1. The number of nitrogens with one attached hydrogen (secondary N) is 1. The Morgan fingerprint density at radius 3 is 2.75 bits per heavy atom. The van der Waals surface area contributed by atoms with Gasteiger partial charge in [-0.1, -0.05) is 18.2 Å². The van der Waals surface area contributed by atoms with E-state index < -0.39 is 0 Å². The lowest BCUT2D eigenvalue weighted by atomic mass is 10.0. The molecule has 0 aromatic heterocycles. The van der Waals surface area contributed by atoms with Crippen LogP contribution in [0, 0.1) is 0 Å². The molecule has 0 atom stereocenters. The summed E-state index contributed by atoms with van der Waals surface area (Å²) in [5.41, 5.74) is 3.65. The first-order chi connectivity index (χ1) is 9.78. The largest absolute Gasteiger partial charge is 0.497 e. The van der Waals surface area contributed by atoms with Crippen molar-refractivity contribution in [1.29, 1.82) is 0 Å². The van der Waals surface area contributed by atoms with Gasteiger partial charge in [-0.3, -0.25) is 4.79 Å². The molecule has 0 saturated heterocycles. The van der Waals surface area contributed by atoms with Crippen LogP contribution in [0.3, 0.4) is 0 Å². The van der Waals surface area contributed by atoms with Crippen molar-refractivity contribution in [1.82, 2.24) is 5.32 Å². The molecule has 0 spiro atoms. The minimum Gasteiger partial charge on any atom is -0.497 e. The lowest BCUT2D eigenvalue weighted by molar-refractivity contribution is 0.112. The number of allylic oxidation sites excluding steroid dienone is 3. The van der Waals surface area contributed by atoms with E-state index in [9.17, 15) is 4.79 Å². The van der Waals surface area contributed by atoms with Gasteiger partial charge >= 0.3 is 0 Å². The predicted octanol–water partition coefficient (Wildman–Crippen LogP) is 3.34. The van der Waals surface area contributed by atoms with Crippen LogP contribution in [0.2, 0.25) is 0 Å². The van der Waals surface area contributed by atoms with Crippen molar-refractivity contribution in [3.05, 3.63) is 58.8 Å². The van der Waals surface area contributed by atoms with Crippen LogP contribution in [0.1, 0.15) is 28.8 Å². The first kappa shape index (κ1) is 14.1. The number of rotatable bonds is 5. The van der Waals surface area contributed by atoms with E-state index in [1.54, 1.807) is 19.2 Å². The van der Waals surface area contributed by atoms with Crippen molar-refractivity contribution >= 4 is 12.4 Å². The number of likely N-dealkylation sites (N-methyl/N-ethyl adjacent to an activating group) is 1. The number of carbonyl (C=O) groups is 1. The first-order valence-corrected chi connectivity index (χ1v) is 6.68. The van der Waals surface area contributed by atoms with E-state index in [1.807, 2.05) is 19.2 Å². The highest BCUT2D eigenvalue weighted by Gasteiger charge is 2.06. The standard InChI is InChI=1S/C17H19NO2/c1-18-17(13-6-4-3-5-7-13)11-15-10-16(20-2)9-8-14(15)12-19/h4,6-12,18H,3,5H2,1-2H3/b17-11-. The van der Waals surface area contributed by atoms with Gasteiger partial charge in [-0.2, -0.15) is 0 Å². The third kappa shape index (κ3) is 3.18. The van der Waals surface area contributed by atoms with Crippen molar-refractivity contribution in [3.63, 3.8) is 0 Å². The van der Waals surface area contributed by atoms with Crippen LogP contribution in [-0.4, -0.2) is 20.4 Å². The maximum absolute atomic E-state index is 11.2. The molecular weight excluding hydrogens is 250 g/mol. The van der Waals surface area contributed by atoms with Crippen LogP contribution in [0.25, 0.3) is 6.08 Å². The van der Waals surface area contributed by atoms with Crippen LogP contribution in [0.5, 0.6) is 5.75 Å². The monoisotopic (exact) mass is 269 g/mol. The molecule has 3 nitrogen and oxygen atoms in total. The molecule has 1 aliphatic carbocycles. The third-order valence-corrected chi connectivity index (χ3v) is 3.30. The quantitative estimate of drug-likeness (QED) is 0.833. The van der Waals surface area contributed by atoms with Crippen LogP contribution in [-0.2, 0) is 0 Å². The summed E-state index contributed by atoms with van der Waals surface area (Å²) in [4.78, 5) is 11.2. The Labute approximate surface area is 119 Å². The second-order valence-corrected chi connectivity index (χ2v) is 4.56. The Kier molecular flexibility index (Phi) is 4.77. The Hall–Kier alpha value is -2.29. The van der Waals surface area contributed by atoms with Gasteiger partial charge in [0.05, 0.1) is 7.11 Å². The van der Waals surface area contributed by atoms with Gasteiger partial charge in [-0.15, -0.1) is 0 Å². The topological polar surface area (TPSA) is 38.3 Å². The average molecular weight is 269 g/mol. The summed E-state index contributed by atoms with van der Waals surface area (Å²) in [6.45, 7) is 0. The Bertz CT molecular complexity index is 583. The van der Waals surface area contributed by atoms with Gasteiger partial charge in [0.25, 0.3) is 0 Å². The number of carbonyl (C=O) groups excluding carboxylic acids is 1. The lowest BCUT2D eigenvalue weighted by Gasteiger charge is -2.12. The van der Waals surface area contributed by atoms with E-state index in [-0.39, 0.29) is 0 Å². The normalized spacial score (nSPS) is 14.7. The van der Waals surface area contributed by atoms with E-state index in [0.29, 0.717) is 5.56 Å². The van der Waals surface area contributed by atoms with Gasteiger partial charge in [-0.05, 0) is 48.3 Å². The van der Waals surface area contributed by atoms with Crippen molar-refractivity contribution in [2.75, 3.05) is 14.2 Å². The fourth-order valence-corrected chi connectivity index (χ4v) is 2.18. The van der Waals surface area contributed by atoms with E-state index in [1.165, 1.54) is 0 Å². The zero-order valence-electron chi connectivity index (χ0n) is 11.8. The number of ether oxygens (including phenoxy) is 1. The highest BCUT2D eigenvalue weighted by atomic mass is 16.5. The summed E-state index contributed by atoms with van der Waals surface area (Å²) in [5.74, 6) is 0.741. The molecule has 0 fully saturated rings. The van der Waals surface area contributed by atoms with Gasteiger partial charge < -0.3 is 10.1 Å². The predicted molar refractivity (Wildman–Crippen MR) is 81.9 cm³/mol. The molecule has 0 heterocycles. The molecule has 1 N–H and O–H groups in total. The van der Waals surface area contributed by atoms with E-state index in [4.69, 9.17) is 4.74 Å². The molecule has 0 unspecified atom stereocenters. The molecule has 1 aromatic carbocycles. The molecule has 2 rings (SSSR count). The average Bonchev–Trinajstić information content (AvgIpc) is 2.53. The molecule has 0 saturated carbocycles. The maximum Gasteiger partial charge on any atom is 0.150 e. The van der Waals surface area contributed by atoms with Crippen molar-refractivity contribution in [2.45, 2.75) is 12.8 Å². The van der Waals surface area contributed by atoms with E-state index >= 15 is 0 Å². The summed E-state index contributed by atoms with van der Waals surface area (Å²) in [5, 5.41) is 3.19. The fraction of sp³-hybridized carbons (Fsp3) is 0.235. The number of aldehydes is 1. The lowest BCUT2D eigenvalue weighted by Crippen LogP contribution is -2.08. The van der Waals surface area contributed by atoms with Gasteiger partial charge in [0, 0.05) is 18.3 Å². The summed E-state index contributed by atoms with van der Waals surface area (Å²) >= 11 is 0. The highest BCUT2D eigenvalue weighted by molar-refractivity contribution is 5.83. The summed E-state index contributed by atoms with van der Waals surface area (Å²) in [6, 6.07) is 5.43. The van der Waals surface area contributed by atoms with Gasteiger partial charge in [0.2, 0.25) is 0 Å². The van der Waals surface area contributed by atoms with Crippen LogP contribution in [0.4, 0.5) is 0 Å². The molecule has 1 aromatic rings. The van der Waals surface area contributed by atoms with Gasteiger partial charge in [0.15, 0.2) is 6.29 Å². The van der Waals surface area contributed by atoms with Crippen LogP contribution < -0.4 is 10.1 Å². The minimum atomic E-state index is 0.652. The summed E-state index contributed by atoms with van der Waals surface area (Å²) in [7, 11) is 3.50. The summed E-state index contributed by atoms with van der Waals surface area (Å²) in [6.07, 6.45) is 11.4. The number of hydrogen-bond acceptors (Lipinski definition) is 3. The second-order valence-electron chi connectivity index (χ2n) is 4.56. The number of benzene rings is 1. The van der Waals surface area contributed by atoms with Crippen LogP contribution in [0.15, 0.2) is 47.7 Å². The van der Waals surface area contributed by atoms with Crippen molar-refractivity contribution < 1.29 is 9.53 Å². The molecule has 0 aliphatic heterocycles. The Morgan fingerprint density at radius 2 is 2.15 bits per heavy atom. The molecule has 0 amide bonds. The Balaban J connectivity index is 2.43. The fourth-order valence-electron chi connectivity index (χ4n) is 2.18. The van der Waals surface area contributed by atoms with Gasteiger partial charge in [-0.25, -0.2) is 0 Å². The van der Waals surface area contributed by atoms with Crippen molar-refractivity contribution in [3.8, 4) is 5.75 Å². The smallest absolute Gasteiger partial charge is 0.150 e. The van der Waals surface area contributed by atoms with E-state index in [2.05, 4.69) is 23.5 Å². The molecule has 1 aliphatic rings. The molecule has 0 radical (unpaired) electrons. The molecule has 20 heavy (non-hydrogen) atoms. The molecule has 104 valence electrons. The van der Waals surface area contributed by atoms with Crippen molar-refractivity contribution in [2.24, 2.45) is 0 Å². The third-order valence-electron chi connectivity index (χ3n) is 3.30. The molecule has 0 bridgehead atoms. The maximum atomic E-state index is 11.2. The zero-order valence-corrected chi connectivity index (χ0v) is 11.8. The van der Waals surface area contributed by atoms with Gasteiger partial charge in [0.1, 0.15) is 5.75 Å². The number of methoxy groups -OCH3 is 1. The minimum absolute atomic E-state index is 0.652. The summed E-state index contributed by atoms with van der Waals surface area (Å²) < 4.78 is 5.22. The molecular formula is C17H19NO2. The highest BCUT2D eigenvalue weighted by Crippen LogP contribution is 2.22. The Morgan fingerprint density at radius 1 is 1.30 bits per heavy atom. The second kappa shape index (κ2) is 6.75.